The summed E-state index contributed by atoms with van der Waals surface area (Å²) in [5.41, 5.74) is 1.47. The van der Waals surface area contributed by atoms with Gasteiger partial charge in [0.1, 0.15) is 0 Å². The van der Waals surface area contributed by atoms with Crippen LogP contribution < -0.4 is 5.84 Å². The molecule has 1 aromatic rings. The van der Waals surface area contributed by atoms with Crippen LogP contribution in [0, 0.1) is 5.92 Å². The lowest BCUT2D eigenvalue weighted by Crippen LogP contribution is -2.47. The number of rotatable bonds is 5. The standard InChI is InChI=1S/C17H24N2O2/c1-3-4-10-17(13(2)9-11-21-16(17)20)15-7-5-14(6-8-15)12-19-18/h5-8,12-13H,3-4,9-11,18H2,1-2H3. The number of esters is 1. The SMILES string of the molecule is CCCCC1(c2ccc(C=NN)cc2)C(=O)OCCC1C. The molecule has 2 N–H and O–H groups in total. The van der Waals surface area contributed by atoms with Gasteiger partial charge in [-0.1, -0.05) is 51.0 Å². The second kappa shape index (κ2) is 6.74. The first-order valence-electron chi connectivity index (χ1n) is 7.66. The minimum absolute atomic E-state index is 0.0741. The third-order valence-corrected chi connectivity index (χ3v) is 4.56. The van der Waals surface area contributed by atoms with Crippen LogP contribution in [-0.4, -0.2) is 18.8 Å². The Labute approximate surface area is 126 Å². The molecule has 114 valence electrons. The van der Waals surface area contributed by atoms with E-state index in [1.54, 1.807) is 6.21 Å². The fourth-order valence-corrected chi connectivity index (χ4v) is 3.21. The molecule has 0 radical (unpaired) electrons. The molecule has 0 aliphatic carbocycles. The molecule has 1 aliphatic heterocycles. The number of carbonyl (C=O) groups excluding carboxylic acids is 1. The Morgan fingerprint density at radius 3 is 2.71 bits per heavy atom. The van der Waals surface area contributed by atoms with Crippen LogP contribution >= 0.6 is 0 Å². The van der Waals surface area contributed by atoms with Crippen LogP contribution in [0.25, 0.3) is 0 Å². The fourth-order valence-electron chi connectivity index (χ4n) is 3.21. The second-order valence-corrected chi connectivity index (χ2v) is 5.80. The van der Waals surface area contributed by atoms with Crippen molar-refractivity contribution in [2.24, 2.45) is 16.9 Å². The summed E-state index contributed by atoms with van der Waals surface area (Å²) in [6.07, 6.45) is 5.45. The Bertz CT molecular complexity index is 510. The molecule has 21 heavy (non-hydrogen) atoms. The molecule has 1 heterocycles. The van der Waals surface area contributed by atoms with Crippen molar-refractivity contribution >= 4 is 12.2 Å². The van der Waals surface area contributed by atoms with Crippen molar-refractivity contribution in [3.8, 4) is 0 Å². The summed E-state index contributed by atoms with van der Waals surface area (Å²) >= 11 is 0. The number of nitrogens with two attached hydrogens (primary N) is 1. The Kier molecular flexibility index (Phi) is 4.99. The first kappa shape index (κ1) is 15.5. The first-order chi connectivity index (χ1) is 10.1. The van der Waals surface area contributed by atoms with Gasteiger partial charge in [-0.05, 0) is 29.9 Å². The molecule has 4 heteroatoms. The van der Waals surface area contributed by atoms with E-state index in [4.69, 9.17) is 10.6 Å². The highest BCUT2D eigenvalue weighted by atomic mass is 16.5. The molecular weight excluding hydrogens is 264 g/mol. The summed E-state index contributed by atoms with van der Waals surface area (Å²) in [5.74, 6) is 5.39. The molecule has 1 saturated heterocycles. The number of carbonyl (C=O) groups is 1. The quantitative estimate of drug-likeness (QED) is 0.392. The second-order valence-electron chi connectivity index (χ2n) is 5.80. The maximum Gasteiger partial charge on any atom is 0.316 e. The van der Waals surface area contributed by atoms with Crippen LogP contribution in [0.1, 0.15) is 50.7 Å². The number of benzene rings is 1. The minimum atomic E-state index is -0.507. The minimum Gasteiger partial charge on any atom is -0.465 e. The predicted octanol–water partition coefficient (Wildman–Crippen LogP) is 2.99. The largest absolute Gasteiger partial charge is 0.465 e. The van der Waals surface area contributed by atoms with E-state index >= 15 is 0 Å². The maximum atomic E-state index is 12.6. The summed E-state index contributed by atoms with van der Waals surface area (Å²) in [7, 11) is 0. The zero-order valence-corrected chi connectivity index (χ0v) is 12.8. The predicted molar refractivity (Wildman–Crippen MR) is 84.2 cm³/mol. The lowest BCUT2D eigenvalue weighted by atomic mass is 9.65. The summed E-state index contributed by atoms with van der Waals surface area (Å²) in [6, 6.07) is 7.92. The average Bonchev–Trinajstić information content (AvgIpc) is 2.49. The highest BCUT2D eigenvalue weighted by Crippen LogP contribution is 2.42. The fraction of sp³-hybridized carbons (Fsp3) is 0.529. The molecule has 2 unspecified atom stereocenters. The number of ether oxygens (including phenoxy) is 1. The van der Waals surface area contributed by atoms with E-state index in [9.17, 15) is 4.79 Å². The molecular formula is C17H24N2O2. The molecule has 2 atom stereocenters. The molecule has 1 fully saturated rings. The van der Waals surface area contributed by atoms with Gasteiger partial charge in [0.25, 0.3) is 0 Å². The topological polar surface area (TPSA) is 64.7 Å². The lowest BCUT2D eigenvalue weighted by Gasteiger charge is -2.41. The summed E-state index contributed by atoms with van der Waals surface area (Å²) < 4.78 is 5.41. The number of hydrazone groups is 1. The average molecular weight is 288 g/mol. The number of unbranched alkanes of at least 4 members (excludes halogenated alkanes) is 1. The van der Waals surface area contributed by atoms with Crippen LogP contribution in [0.15, 0.2) is 29.4 Å². The Hall–Kier alpha value is -1.84. The van der Waals surface area contributed by atoms with Gasteiger partial charge in [0.2, 0.25) is 0 Å². The first-order valence-corrected chi connectivity index (χ1v) is 7.66. The zero-order valence-electron chi connectivity index (χ0n) is 12.8. The van der Waals surface area contributed by atoms with Gasteiger partial charge in [0.15, 0.2) is 0 Å². The number of cyclic esters (lactones) is 1. The van der Waals surface area contributed by atoms with Gasteiger partial charge in [0, 0.05) is 0 Å². The number of hydrogen-bond acceptors (Lipinski definition) is 4. The smallest absolute Gasteiger partial charge is 0.316 e. The van der Waals surface area contributed by atoms with E-state index in [1.165, 1.54) is 0 Å². The van der Waals surface area contributed by atoms with Crippen molar-refractivity contribution in [3.05, 3.63) is 35.4 Å². The van der Waals surface area contributed by atoms with Gasteiger partial charge in [-0.2, -0.15) is 5.10 Å². The molecule has 2 rings (SSSR count). The Morgan fingerprint density at radius 2 is 2.14 bits per heavy atom. The molecule has 0 spiro atoms. The normalized spacial score (nSPS) is 26.0. The van der Waals surface area contributed by atoms with Gasteiger partial charge < -0.3 is 10.6 Å². The van der Waals surface area contributed by atoms with Crippen LogP contribution in [0.2, 0.25) is 0 Å². The third-order valence-electron chi connectivity index (χ3n) is 4.56. The van der Waals surface area contributed by atoms with E-state index in [0.717, 1.165) is 36.8 Å². The van der Waals surface area contributed by atoms with Crippen molar-refractivity contribution in [3.63, 3.8) is 0 Å². The van der Waals surface area contributed by atoms with Gasteiger partial charge in [0.05, 0.1) is 18.2 Å². The number of hydrogen-bond donors (Lipinski definition) is 1. The van der Waals surface area contributed by atoms with Crippen molar-refractivity contribution in [1.29, 1.82) is 0 Å². The summed E-state index contributed by atoms with van der Waals surface area (Å²) in [6.45, 7) is 4.84. The highest BCUT2D eigenvalue weighted by molar-refractivity contribution is 5.85. The van der Waals surface area contributed by atoms with Gasteiger partial charge in [-0.15, -0.1) is 0 Å². The van der Waals surface area contributed by atoms with Gasteiger partial charge >= 0.3 is 5.97 Å². The van der Waals surface area contributed by atoms with Crippen LogP contribution in [0.4, 0.5) is 0 Å². The third kappa shape index (κ3) is 2.94. The van der Waals surface area contributed by atoms with Gasteiger partial charge in [-0.25, -0.2) is 0 Å². The van der Waals surface area contributed by atoms with E-state index in [1.807, 2.05) is 24.3 Å². The van der Waals surface area contributed by atoms with Crippen LogP contribution in [-0.2, 0) is 14.9 Å². The molecule has 1 aromatic carbocycles. The molecule has 0 bridgehead atoms. The van der Waals surface area contributed by atoms with E-state index < -0.39 is 5.41 Å². The zero-order chi connectivity index (χ0) is 15.3. The van der Waals surface area contributed by atoms with Crippen LogP contribution in [0.3, 0.4) is 0 Å². The van der Waals surface area contributed by atoms with Crippen LogP contribution in [0.5, 0.6) is 0 Å². The Balaban J connectivity index is 2.40. The van der Waals surface area contributed by atoms with Crippen molar-refractivity contribution in [2.75, 3.05) is 6.61 Å². The van der Waals surface area contributed by atoms with Crippen molar-refractivity contribution in [1.82, 2.24) is 0 Å². The molecule has 0 amide bonds. The van der Waals surface area contributed by atoms with Gasteiger partial charge in [-0.3, -0.25) is 4.79 Å². The molecule has 0 saturated carbocycles. The lowest BCUT2D eigenvalue weighted by molar-refractivity contribution is -0.160. The van der Waals surface area contributed by atoms with E-state index in [0.29, 0.717) is 12.5 Å². The van der Waals surface area contributed by atoms with Crippen molar-refractivity contribution in [2.45, 2.75) is 44.9 Å². The monoisotopic (exact) mass is 288 g/mol. The summed E-state index contributed by atoms with van der Waals surface area (Å²) in [5, 5.41) is 3.53. The van der Waals surface area contributed by atoms with E-state index in [-0.39, 0.29) is 5.97 Å². The molecule has 0 aromatic heterocycles. The molecule has 1 aliphatic rings. The number of nitrogens with zero attached hydrogens (tertiary/aromatic N) is 1. The van der Waals surface area contributed by atoms with Crippen molar-refractivity contribution < 1.29 is 9.53 Å². The Morgan fingerprint density at radius 1 is 1.43 bits per heavy atom. The molecule has 4 nitrogen and oxygen atoms in total. The van der Waals surface area contributed by atoms with E-state index in [2.05, 4.69) is 18.9 Å². The maximum absolute atomic E-state index is 12.6. The highest BCUT2D eigenvalue weighted by Gasteiger charge is 2.48. The summed E-state index contributed by atoms with van der Waals surface area (Å²) in [4.78, 5) is 12.6.